The van der Waals surface area contributed by atoms with Gasteiger partial charge in [-0.3, -0.25) is 4.79 Å². The molecular formula is C17H22FNO2. The summed E-state index contributed by atoms with van der Waals surface area (Å²) in [5, 5.41) is 3.11. The fraction of sp³-hybridized carbons (Fsp3) is 0.588. The molecule has 0 spiro atoms. The normalized spacial score (nSPS) is 28.4. The number of carbonyl (C=O) groups excluding carboxylic acids is 1. The van der Waals surface area contributed by atoms with Gasteiger partial charge in [-0.25, -0.2) is 4.39 Å². The van der Waals surface area contributed by atoms with Gasteiger partial charge in [-0.1, -0.05) is 25.5 Å². The Morgan fingerprint density at radius 3 is 2.81 bits per heavy atom. The largest absolute Gasteiger partial charge is 0.478 e. The summed E-state index contributed by atoms with van der Waals surface area (Å²) in [7, 11) is 0. The monoisotopic (exact) mass is 291 g/mol. The highest BCUT2D eigenvalue weighted by Crippen LogP contribution is 2.44. The average molecular weight is 291 g/mol. The Morgan fingerprint density at radius 2 is 2.19 bits per heavy atom. The van der Waals surface area contributed by atoms with Gasteiger partial charge in [-0.2, -0.15) is 0 Å². The molecule has 3 nitrogen and oxygen atoms in total. The molecule has 4 heteroatoms. The minimum atomic E-state index is -0.624. The third-order valence-electron chi connectivity index (χ3n) is 4.83. The predicted octanol–water partition coefficient (Wildman–Crippen LogP) is 3.29. The molecule has 114 valence electrons. The van der Waals surface area contributed by atoms with Crippen LogP contribution in [0.5, 0.6) is 5.75 Å². The number of benzene rings is 1. The molecule has 2 fully saturated rings. The van der Waals surface area contributed by atoms with Gasteiger partial charge in [0.15, 0.2) is 17.7 Å². The highest BCUT2D eigenvalue weighted by Gasteiger charge is 2.40. The summed E-state index contributed by atoms with van der Waals surface area (Å²) in [5.41, 5.74) is 0. The van der Waals surface area contributed by atoms with E-state index in [0.717, 1.165) is 12.3 Å². The lowest BCUT2D eigenvalue weighted by atomic mass is 9.95. The summed E-state index contributed by atoms with van der Waals surface area (Å²) >= 11 is 0. The van der Waals surface area contributed by atoms with Crippen molar-refractivity contribution < 1.29 is 13.9 Å². The molecule has 21 heavy (non-hydrogen) atoms. The molecule has 0 radical (unpaired) electrons. The summed E-state index contributed by atoms with van der Waals surface area (Å²) in [6.45, 7) is 1.88. The molecule has 2 aliphatic rings. The van der Waals surface area contributed by atoms with Gasteiger partial charge in [-0.15, -0.1) is 0 Å². The van der Waals surface area contributed by atoms with Crippen molar-refractivity contribution in [3.05, 3.63) is 30.1 Å². The first-order chi connectivity index (χ1) is 10.2. The molecule has 1 aromatic rings. The average Bonchev–Trinajstić information content (AvgIpc) is 3.09. The molecule has 3 rings (SSSR count). The van der Waals surface area contributed by atoms with Gasteiger partial charge < -0.3 is 10.1 Å². The maximum Gasteiger partial charge on any atom is 0.261 e. The minimum absolute atomic E-state index is 0.113. The maximum absolute atomic E-state index is 13.6. The molecule has 1 amide bonds. The minimum Gasteiger partial charge on any atom is -0.478 e. The van der Waals surface area contributed by atoms with Crippen LogP contribution < -0.4 is 10.1 Å². The van der Waals surface area contributed by atoms with Crippen molar-refractivity contribution in [3.63, 3.8) is 0 Å². The van der Waals surface area contributed by atoms with Crippen LogP contribution in [0.2, 0.25) is 0 Å². The van der Waals surface area contributed by atoms with Crippen molar-refractivity contribution in [2.45, 2.75) is 51.2 Å². The van der Waals surface area contributed by atoms with Crippen molar-refractivity contribution in [3.8, 4) is 5.75 Å². The van der Waals surface area contributed by atoms with Gasteiger partial charge in [-0.05, 0) is 49.7 Å². The molecule has 0 aliphatic heterocycles. The fourth-order valence-corrected chi connectivity index (χ4v) is 3.71. The number of amides is 1. The number of hydrogen-bond donors (Lipinski definition) is 1. The topological polar surface area (TPSA) is 38.3 Å². The summed E-state index contributed by atoms with van der Waals surface area (Å²) in [6.07, 6.45) is 4.77. The van der Waals surface area contributed by atoms with Gasteiger partial charge in [0.25, 0.3) is 5.91 Å². The zero-order valence-electron chi connectivity index (χ0n) is 12.3. The third kappa shape index (κ3) is 3.04. The number of halogens is 1. The lowest BCUT2D eigenvalue weighted by Crippen LogP contribution is -2.45. The molecule has 0 unspecified atom stereocenters. The second-order valence-electron chi connectivity index (χ2n) is 6.24. The van der Waals surface area contributed by atoms with E-state index in [1.807, 2.05) is 6.92 Å². The summed E-state index contributed by atoms with van der Waals surface area (Å²) in [5.74, 6) is 1.02. The lowest BCUT2D eigenvalue weighted by Gasteiger charge is -2.25. The lowest BCUT2D eigenvalue weighted by molar-refractivity contribution is -0.129. The Kier molecular flexibility index (Phi) is 4.13. The van der Waals surface area contributed by atoms with Gasteiger partial charge in [0.2, 0.25) is 0 Å². The molecule has 1 aromatic carbocycles. The van der Waals surface area contributed by atoms with Crippen molar-refractivity contribution in [2.75, 3.05) is 0 Å². The molecule has 2 aliphatic carbocycles. The molecule has 1 N–H and O–H groups in total. The van der Waals surface area contributed by atoms with E-state index >= 15 is 0 Å². The second-order valence-corrected chi connectivity index (χ2v) is 6.24. The maximum atomic E-state index is 13.6. The Morgan fingerprint density at radius 1 is 1.38 bits per heavy atom. The van der Waals surface area contributed by atoms with E-state index in [-0.39, 0.29) is 17.7 Å². The van der Waals surface area contributed by atoms with E-state index in [4.69, 9.17) is 4.74 Å². The Bertz CT molecular complexity index is 519. The zero-order valence-corrected chi connectivity index (χ0v) is 12.3. The van der Waals surface area contributed by atoms with Crippen molar-refractivity contribution in [1.29, 1.82) is 0 Å². The van der Waals surface area contributed by atoms with E-state index in [0.29, 0.717) is 12.3 Å². The first-order valence-electron chi connectivity index (χ1n) is 7.89. The SMILES string of the molecule is CC[C@H](Oc1ccccc1F)C(=O)N[C@@H]1C[C@H]2CC[C@H]1C2. The summed E-state index contributed by atoms with van der Waals surface area (Å²) in [6, 6.07) is 6.50. The molecular weight excluding hydrogens is 269 g/mol. The number of fused-ring (bicyclic) bond motifs is 2. The fourth-order valence-electron chi connectivity index (χ4n) is 3.71. The van der Waals surface area contributed by atoms with E-state index in [9.17, 15) is 9.18 Å². The van der Waals surface area contributed by atoms with Crippen LogP contribution in [0.15, 0.2) is 24.3 Å². The number of carbonyl (C=O) groups is 1. The third-order valence-corrected chi connectivity index (χ3v) is 4.83. The van der Waals surface area contributed by atoms with Crippen molar-refractivity contribution >= 4 is 5.91 Å². The predicted molar refractivity (Wildman–Crippen MR) is 78.5 cm³/mol. The first-order valence-corrected chi connectivity index (χ1v) is 7.89. The van der Waals surface area contributed by atoms with Crippen LogP contribution in [-0.2, 0) is 4.79 Å². The number of para-hydroxylation sites is 1. The van der Waals surface area contributed by atoms with E-state index in [2.05, 4.69) is 5.32 Å². The molecule has 0 saturated heterocycles. The van der Waals surface area contributed by atoms with E-state index in [1.54, 1.807) is 18.2 Å². The van der Waals surface area contributed by atoms with Gasteiger partial charge in [0.1, 0.15) is 0 Å². The van der Waals surface area contributed by atoms with Crippen LogP contribution in [-0.4, -0.2) is 18.1 Å². The smallest absolute Gasteiger partial charge is 0.261 e. The zero-order chi connectivity index (χ0) is 14.8. The number of nitrogens with one attached hydrogen (secondary N) is 1. The van der Waals surface area contributed by atoms with Crippen molar-refractivity contribution in [2.24, 2.45) is 11.8 Å². The molecule has 4 atom stereocenters. The quantitative estimate of drug-likeness (QED) is 0.904. The highest BCUT2D eigenvalue weighted by molar-refractivity contribution is 5.81. The van der Waals surface area contributed by atoms with E-state index in [1.165, 1.54) is 25.3 Å². The molecule has 2 bridgehead atoms. The van der Waals surface area contributed by atoms with Crippen LogP contribution in [0.25, 0.3) is 0 Å². The Hall–Kier alpha value is -1.58. The first kappa shape index (κ1) is 14.4. The summed E-state index contributed by atoms with van der Waals surface area (Å²) < 4.78 is 19.2. The van der Waals surface area contributed by atoms with Crippen LogP contribution in [0, 0.1) is 17.7 Å². The highest BCUT2D eigenvalue weighted by atomic mass is 19.1. The number of hydrogen-bond acceptors (Lipinski definition) is 2. The van der Waals surface area contributed by atoms with Crippen LogP contribution in [0.1, 0.15) is 39.0 Å². The van der Waals surface area contributed by atoms with Crippen LogP contribution >= 0.6 is 0 Å². The van der Waals surface area contributed by atoms with Crippen LogP contribution in [0.4, 0.5) is 4.39 Å². The second kappa shape index (κ2) is 6.04. The van der Waals surface area contributed by atoms with E-state index < -0.39 is 11.9 Å². The number of ether oxygens (including phenoxy) is 1. The standard InChI is InChI=1S/C17H22FNO2/c1-2-15(21-16-6-4-3-5-13(16)18)17(20)19-14-10-11-7-8-12(14)9-11/h3-6,11-12,14-15H,2,7-10H2,1H3,(H,19,20)/t11-,12-,14+,15-/m0/s1. The van der Waals surface area contributed by atoms with Gasteiger partial charge >= 0.3 is 0 Å². The Labute approximate surface area is 124 Å². The van der Waals surface area contributed by atoms with Gasteiger partial charge in [0.05, 0.1) is 0 Å². The molecule has 0 aromatic heterocycles. The molecule has 2 saturated carbocycles. The molecule has 0 heterocycles. The van der Waals surface area contributed by atoms with Crippen molar-refractivity contribution in [1.82, 2.24) is 5.32 Å². The number of rotatable bonds is 5. The Balaban J connectivity index is 1.60. The van der Waals surface area contributed by atoms with Crippen LogP contribution in [0.3, 0.4) is 0 Å². The van der Waals surface area contributed by atoms with Gasteiger partial charge in [0, 0.05) is 6.04 Å². The summed E-state index contributed by atoms with van der Waals surface area (Å²) in [4.78, 5) is 12.4.